The maximum Gasteiger partial charge on any atom is 0.156 e. The van der Waals surface area contributed by atoms with Crippen LogP contribution in [0.4, 0.5) is 0 Å². The van der Waals surface area contributed by atoms with Crippen molar-refractivity contribution in [3.05, 3.63) is 21.3 Å². The molecule has 0 aliphatic carbocycles. The smallest absolute Gasteiger partial charge is 0.156 e. The van der Waals surface area contributed by atoms with Crippen LogP contribution in [-0.4, -0.2) is 24.0 Å². The van der Waals surface area contributed by atoms with Crippen LogP contribution in [0.1, 0.15) is 11.3 Å². The van der Waals surface area contributed by atoms with E-state index in [-0.39, 0.29) is 0 Å². The van der Waals surface area contributed by atoms with Crippen molar-refractivity contribution in [2.45, 2.75) is 12.8 Å². The van der Waals surface area contributed by atoms with Crippen molar-refractivity contribution in [1.29, 1.82) is 0 Å². The fourth-order valence-electron chi connectivity index (χ4n) is 1.35. The largest absolute Gasteiger partial charge is 0.365 e. The molecule has 2 rings (SSSR count). The molecule has 1 aliphatic rings. The topological polar surface area (TPSA) is 24.4 Å². The summed E-state index contributed by atoms with van der Waals surface area (Å²) >= 11 is 9.33. The second-order valence-electron chi connectivity index (χ2n) is 3.27. The molecule has 0 atom stereocenters. The number of nitrogens with zero attached hydrogens (tertiary/aromatic N) is 1. The molecule has 15 heavy (non-hydrogen) atoms. The SMILES string of the molecule is Clc1ccc(CCNC2=NCCCS2)s1. The Morgan fingerprint density at radius 1 is 1.47 bits per heavy atom. The van der Waals surface area contributed by atoms with E-state index in [2.05, 4.69) is 16.4 Å². The third-order valence-electron chi connectivity index (χ3n) is 2.07. The highest BCUT2D eigenvalue weighted by Crippen LogP contribution is 2.21. The van der Waals surface area contributed by atoms with Gasteiger partial charge in [0.2, 0.25) is 0 Å². The molecule has 0 fully saturated rings. The Kier molecular flexibility index (Phi) is 4.35. The van der Waals surface area contributed by atoms with E-state index in [1.807, 2.05) is 17.8 Å². The second-order valence-corrected chi connectivity index (χ2v) is 6.15. The molecule has 0 amide bonds. The van der Waals surface area contributed by atoms with Crippen LogP contribution in [0.5, 0.6) is 0 Å². The first-order valence-electron chi connectivity index (χ1n) is 5.00. The van der Waals surface area contributed by atoms with Gasteiger partial charge in [-0.25, -0.2) is 0 Å². The summed E-state index contributed by atoms with van der Waals surface area (Å²) in [7, 11) is 0. The molecule has 2 nitrogen and oxygen atoms in total. The molecule has 1 aromatic rings. The summed E-state index contributed by atoms with van der Waals surface area (Å²) < 4.78 is 0.870. The first-order chi connectivity index (χ1) is 7.34. The normalized spacial score (nSPS) is 16.2. The molecule has 5 heteroatoms. The van der Waals surface area contributed by atoms with Crippen LogP contribution in [0.25, 0.3) is 0 Å². The summed E-state index contributed by atoms with van der Waals surface area (Å²) in [6.07, 6.45) is 2.23. The minimum atomic E-state index is 0.870. The fraction of sp³-hybridized carbons (Fsp3) is 0.500. The lowest BCUT2D eigenvalue weighted by Crippen LogP contribution is -2.25. The van der Waals surface area contributed by atoms with Gasteiger partial charge in [0, 0.05) is 23.7 Å². The molecule has 0 aromatic carbocycles. The zero-order chi connectivity index (χ0) is 10.5. The molecule has 0 unspecified atom stereocenters. The standard InChI is InChI=1S/C10H13ClN2S2/c11-9-3-2-8(15-9)4-6-13-10-12-5-1-7-14-10/h2-3H,1,4-7H2,(H,12,13). The van der Waals surface area contributed by atoms with Crippen molar-refractivity contribution in [3.8, 4) is 0 Å². The van der Waals surface area contributed by atoms with Crippen molar-refractivity contribution < 1.29 is 0 Å². The summed E-state index contributed by atoms with van der Waals surface area (Å²) in [5, 5.41) is 4.46. The van der Waals surface area contributed by atoms with Gasteiger partial charge in [-0.2, -0.15) is 0 Å². The van der Waals surface area contributed by atoms with Gasteiger partial charge in [0.05, 0.1) is 4.34 Å². The molecule has 0 saturated carbocycles. The minimum absolute atomic E-state index is 0.870. The summed E-state index contributed by atoms with van der Waals surface area (Å²) in [6.45, 7) is 1.92. The molecule has 0 bridgehead atoms. The van der Waals surface area contributed by atoms with Gasteiger partial charge in [-0.15, -0.1) is 11.3 Å². The van der Waals surface area contributed by atoms with E-state index in [1.165, 1.54) is 17.1 Å². The number of nitrogens with one attached hydrogen (secondary N) is 1. The highest BCUT2D eigenvalue weighted by atomic mass is 35.5. The predicted octanol–water partition coefficient (Wildman–Crippen LogP) is 3.03. The van der Waals surface area contributed by atoms with E-state index >= 15 is 0 Å². The molecule has 2 heterocycles. The number of hydrogen-bond donors (Lipinski definition) is 1. The van der Waals surface area contributed by atoms with E-state index in [1.54, 1.807) is 11.3 Å². The highest BCUT2D eigenvalue weighted by molar-refractivity contribution is 8.13. The zero-order valence-electron chi connectivity index (χ0n) is 8.33. The first-order valence-corrected chi connectivity index (χ1v) is 7.18. The van der Waals surface area contributed by atoms with Gasteiger partial charge >= 0.3 is 0 Å². The third kappa shape index (κ3) is 3.70. The lowest BCUT2D eigenvalue weighted by Gasteiger charge is -2.12. The van der Waals surface area contributed by atoms with Crippen molar-refractivity contribution in [3.63, 3.8) is 0 Å². The molecule has 0 spiro atoms. The lowest BCUT2D eigenvalue weighted by molar-refractivity contribution is 0.860. The second kappa shape index (κ2) is 5.77. The van der Waals surface area contributed by atoms with Crippen LogP contribution >= 0.6 is 34.7 Å². The maximum absolute atomic E-state index is 5.86. The summed E-state index contributed by atoms with van der Waals surface area (Å²) in [5.74, 6) is 1.19. The number of thioether (sulfide) groups is 1. The molecule has 1 N–H and O–H groups in total. The van der Waals surface area contributed by atoms with Gasteiger partial charge in [-0.1, -0.05) is 23.4 Å². The first kappa shape index (κ1) is 11.3. The monoisotopic (exact) mass is 260 g/mol. The van der Waals surface area contributed by atoms with Gasteiger partial charge in [0.1, 0.15) is 0 Å². The van der Waals surface area contributed by atoms with Crippen LogP contribution in [0, 0.1) is 0 Å². The number of halogens is 1. The Morgan fingerprint density at radius 2 is 2.40 bits per heavy atom. The van der Waals surface area contributed by atoms with Crippen LogP contribution < -0.4 is 5.32 Å². The molecule has 1 aliphatic heterocycles. The third-order valence-corrected chi connectivity index (χ3v) is 4.40. The van der Waals surface area contributed by atoms with Gasteiger partial charge < -0.3 is 5.32 Å². The number of thiophene rings is 1. The Hall–Kier alpha value is -0.190. The molecule has 82 valence electrons. The average Bonchev–Trinajstić information content (AvgIpc) is 2.66. The number of hydrogen-bond acceptors (Lipinski definition) is 4. The van der Waals surface area contributed by atoms with Gasteiger partial charge in [-0.05, 0) is 25.0 Å². The van der Waals surface area contributed by atoms with E-state index in [0.717, 1.165) is 29.0 Å². The van der Waals surface area contributed by atoms with Crippen molar-refractivity contribution in [1.82, 2.24) is 5.32 Å². The van der Waals surface area contributed by atoms with E-state index in [9.17, 15) is 0 Å². The van der Waals surface area contributed by atoms with Crippen LogP contribution in [0.3, 0.4) is 0 Å². The molecule has 1 aromatic heterocycles. The fourth-order valence-corrected chi connectivity index (χ4v) is 3.29. The van der Waals surface area contributed by atoms with E-state index in [4.69, 9.17) is 11.6 Å². The Balaban J connectivity index is 1.72. The van der Waals surface area contributed by atoms with Crippen LogP contribution in [0.2, 0.25) is 4.34 Å². The number of rotatable bonds is 3. The molecule has 0 radical (unpaired) electrons. The zero-order valence-corrected chi connectivity index (χ0v) is 10.7. The van der Waals surface area contributed by atoms with Gasteiger partial charge in [0.15, 0.2) is 5.17 Å². The average molecular weight is 261 g/mol. The van der Waals surface area contributed by atoms with Gasteiger partial charge in [0.25, 0.3) is 0 Å². The summed E-state index contributed by atoms with van der Waals surface area (Å²) in [6, 6.07) is 4.04. The van der Waals surface area contributed by atoms with E-state index in [0.29, 0.717) is 0 Å². The molecule has 0 saturated heterocycles. The van der Waals surface area contributed by atoms with Crippen molar-refractivity contribution in [2.75, 3.05) is 18.8 Å². The highest BCUT2D eigenvalue weighted by Gasteiger charge is 2.05. The maximum atomic E-state index is 5.86. The summed E-state index contributed by atoms with van der Waals surface area (Å²) in [4.78, 5) is 5.74. The van der Waals surface area contributed by atoms with E-state index < -0.39 is 0 Å². The lowest BCUT2D eigenvalue weighted by atomic mass is 10.3. The minimum Gasteiger partial charge on any atom is -0.365 e. The Labute approximate surface area is 103 Å². The molecular weight excluding hydrogens is 248 g/mol. The quantitative estimate of drug-likeness (QED) is 0.904. The summed E-state index contributed by atoms with van der Waals surface area (Å²) in [5.41, 5.74) is 0. The Bertz CT molecular complexity index is 349. The van der Waals surface area contributed by atoms with Crippen LogP contribution in [-0.2, 0) is 6.42 Å². The van der Waals surface area contributed by atoms with Crippen LogP contribution in [0.15, 0.2) is 17.1 Å². The molecular formula is C10H13ClN2S2. The van der Waals surface area contributed by atoms with Gasteiger partial charge in [-0.3, -0.25) is 4.99 Å². The predicted molar refractivity (Wildman–Crippen MR) is 70.4 cm³/mol. The number of amidine groups is 1. The van der Waals surface area contributed by atoms with Crippen molar-refractivity contribution >= 4 is 39.9 Å². The van der Waals surface area contributed by atoms with Crippen molar-refractivity contribution in [2.24, 2.45) is 4.99 Å². The Morgan fingerprint density at radius 3 is 3.07 bits per heavy atom. The number of aliphatic imine (C=N–C) groups is 1.